The first-order valence-corrected chi connectivity index (χ1v) is 9.58. The summed E-state index contributed by atoms with van der Waals surface area (Å²) in [5.41, 5.74) is 2.35. The van der Waals surface area contributed by atoms with Crippen LogP contribution in [-0.4, -0.2) is 25.6 Å². The molecule has 26 heavy (non-hydrogen) atoms. The summed E-state index contributed by atoms with van der Waals surface area (Å²) in [6.45, 7) is 11.1. The second kappa shape index (κ2) is 16.3. The van der Waals surface area contributed by atoms with Crippen molar-refractivity contribution in [1.29, 1.82) is 0 Å². The van der Waals surface area contributed by atoms with Gasteiger partial charge in [0.2, 0.25) is 0 Å². The summed E-state index contributed by atoms with van der Waals surface area (Å²) in [6.07, 6.45) is 1.77. The smallest absolute Gasteiger partial charge is 0.158 e. The number of hydrogen-bond acceptors (Lipinski definition) is 3. The van der Waals surface area contributed by atoms with Crippen molar-refractivity contribution in [3.63, 3.8) is 0 Å². The van der Waals surface area contributed by atoms with Crippen LogP contribution in [0.2, 0.25) is 0 Å². The lowest BCUT2D eigenvalue weighted by molar-refractivity contribution is -0.123. The Labute approximate surface area is 159 Å². The van der Waals surface area contributed by atoms with Crippen molar-refractivity contribution >= 4 is 5.78 Å². The van der Waals surface area contributed by atoms with E-state index in [2.05, 4.69) is 26.0 Å². The third-order valence-electron chi connectivity index (χ3n) is 3.12. The molecule has 0 saturated carbocycles. The van der Waals surface area contributed by atoms with Crippen LogP contribution in [0, 0.1) is 0 Å². The quantitative estimate of drug-likeness (QED) is 0.529. The van der Waals surface area contributed by atoms with Crippen molar-refractivity contribution in [2.24, 2.45) is 0 Å². The third-order valence-corrected chi connectivity index (χ3v) is 3.12. The van der Waals surface area contributed by atoms with Crippen LogP contribution in [0.3, 0.4) is 0 Å². The van der Waals surface area contributed by atoms with Crippen LogP contribution in [0.5, 0.6) is 5.75 Å². The van der Waals surface area contributed by atoms with Crippen molar-refractivity contribution in [2.75, 3.05) is 19.8 Å². The minimum atomic E-state index is 0.113. The molecule has 0 radical (unpaired) electrons. The highest BCUT2D eigenvalue weighted by Crippen LogP contribution is 2.21. The zero-order chi connectivity index (χ0) is 19.6. The van der Waals surface area contributed by atoms with Gasteiger partial charge in [0.15, 0.2) is 5.78 Å². The number of ketones is 1. The average Bonchev–Trinajstić information content (AvgIpc) is 2.71. The van der Waals surface area contributed by atoms with Crippen molar-refractivity contribution in [1.82, 2.24) is 0 Å². The second-order valence-corrected chi connectivity index (χ2v) is 5.39. The Hall–Kier alpha value is -2.13. The molecule has 3 heteroatoms. The van der Waals surface area contributed by atoms with Gasteiger partial charge in [0, 0.05) is 6.42 Å². The van der Waals surface area contributed by atoms with E-state index in [0.29, 0.717) is 19.6 Å². The molecule has 0 atom stereocenters. The maximum atomic E-state index is 11.1. The van der Waals surface area contributed by atoms with E-state index < -0.39 is 0 Å². The van der Waals surface area contributed by atoms with E-state index in [-0.39, 0.29) is 12.4 Å². The molecule has 0 N–H and O–H groups in total. The van der Waals surface area contributed by atoms with Gasteiger partial charge >= 0.3 is 0 Å². The van der Waals surface area contributed by atoms with Gasteiger partial charge in [-0.15, -0.1) is 0 Å². The Kier molecular flexibility index (Phi) is 15.0. The normalized spacial score (nSPS) is 9.27. The fraction of sp³-hybridized carbons (Fsp3) is 0.435. The molecule has 0 heterocycles. The van der Waals surface area contributed by atoms with Gasteiger partial charge in [-0.05, 0) is 23.3 Å². The van der Waals surface area contributed by atoms with Crippen molar-refractivity contribution in [3.8, 4) is 16.9 Å². The molecule has 0 aromatic heterocycles. The monoisotopic (exact) mass is 358 g/mol. The predicted molar refractivity (Wildman–Crippen MR) is 111 cm³/mol. The van der Waals surface area contributed by atoms with E-state index in [0.717, 1.165) is 11.3 Å². The molecular weight excluding hydrogens is 324 g/mol. The lowest BCUT2D eigenvalue weighted by Crippen LogP contribution is -2.12. The van der Waals surface area contributed by atoms with Gasteiger partial charge in [-0.2, -0.15) is 0 Å². The Morgan fingerprint density at radius 3 is 1.88 bits per heavy atom. The van der Waals surface area contributed by atoms with Gasteiger partial charge in [0.05, 0.1) is 6.61 Å². The molecule has 2 aromatic carbocycles. The zero-order valence-electron chi connectivity index (χ0n) is 17.0. The molecule has 0 fully saturated rings. The van der Waals surface area contributed by atoms with E-state index in [1.165, 1.54) is 12.0 Å². The Balaban J connectivity index is 0.00000113. The topological polar surface area (TPSA) is 35.5 Å². The summed E-state index contributed by atoms with van der Waals surface area (Å²) < 4.78 is 10.8. The largest absolute Gasteiger partial charge is 0.491 e. The molecule has 0 aliphatic carbocycles. The molecule has 2 aromatic rings. The summed E-state index contributed by atoms with van der Waals surface area (Å²) in [5, 5.41) is 0. The summed E-state index contributed by atoms with van der Waals surface area (Å²) in [7, 11) is 0. The summed E-state index contributed by atoms with van der Waals surface area (Å²) in [6, 6.07) is 18.2. The highest BCUT2D eigenvalue weighted by Gasteiger charge is 2.00. The van der Waals surface area contributed by atoms with Crippen molar-refractivity contribution < 1.29 is 14.3 Å². The SMILES string of the molecule is CC.CCC.CCC(=O)COCCOc1ccc(-c2ccccc2)cc1. The molecule has 144 valence electrons. The molecule has 0 bridgehead atoms. The number of benzene rings is 2. The van der Waals surface area contributed by atoms with Gasteiger partial charge in [0.1, 0.15) is 19.0 Å². The molecule has 0 spiro atoms. The predicted octanol–water partition coefficient (Wildman–Crippen LogP) is 6.17. The minimum absolute atomic E-state index is 0.113. The lowest BCUT2D eigenvalue weighted by atomic mass is 10.1. The van der Waals surface area contributed by atoms with Crippen LogP contribution in [-0.2, 0) is 9.53 Å². The van der Waals surface area contributed by atoms with Gasteiger partial charge in [-0.1, -0.05) is 83.5 Å². The van der Waals surface area contributed by atoms with E-state index in [4.69, 9.17) is 9.47 Å². The van der Waals surface area contributed by atoms with Crippen LogP contribution in [0.25, 0.3) is 11.1 Å². The number of carbonyl (C=O) groups is 1. The highest BCUT2D eigenvalue weighted by atomic mass is 16.5. The third kappa shape index (κ3) is 10.7. The van der Waals surface area contributed by atoms with Crippen LogP contribution in [0.15, 0.2) is 54.6 Å². The number of carbonyl (C=O) groups excluding carboxylic acids is 1. The molecule has 2 rings (SSSR count). The second-order valence-electron chi connectivity index (χ2n) is 5.39. The van der Waals surface area contributed by atoms with E-state index in [1.807, 2.05) is 63.2 Å². The average molecular weight is 359 g/mol. The Morgan fingerprint density at radius 1 is 0.808 bits per heavy atom. The van der Waals surface area contributed by atoms with E-state index in [1.54, 1.807) is 0 Å². The molecule has 3 nitrogen and oxygen atoms in total. The Bertz CT molecular complexity index is 562. The van der Waals surface area contributed by atoms with Crippen LogP contribution in [0.1, 0.15) is 47.5 Å². The summed E-state index contributed by atoms with van der Waals surface area (Å²) in [5.74, 6) is 0.919. The van der Waals surface area contributed by atoms with Gasteiger partial charge in [0.25, 0.3) is 0 Å². The van der Waals surface area contributed by atoms with Gasteiger partial charge < -0.3 is 9.47 Å². The number of ether oxygens (including phenoxy) is 2. The maximum Gasteiger partial charge on any atom is 0.158 e. The first-order chi connectivity index (χ1) is 12.7. The number of rotatable bonds is 8. The zero-order valence-corrected chi connectivity index (χ0v) is 17.0. The van der Waals surface area contributed by atoms with Crippen molar-refractivity contribution in [2.45, 2.75) is 47.5 Å². The first kappa shape index (κ1) is 23.9. The molecule has 0 unspecified atom stereocenters. The standard InChI is InChI=1S/C18H20O3.C3H8.C2H6/c1-2-17(19)14-20-12-13-21-18-10-8-16(9-11-18)15-6-4-3-5-7-15;1-3-2;1-2/h3-11H,2,12-14H2,1H3;3H2,1-2H3;1-2H3. The molecule has 0 aliphatic rings. The van der Waals surface area contributed by atoms with Gasteiger partial charge in [-0.3, -0.25) is 4.79 Å². The number of hydrogen-bond donors (Lipinski definition) is 0. The van der Waals surface area contributed by atoms with Crippen molar-refractivity contribution in [3.05, 3.63) is 54.6 Å². The fourth-order valence-electron chi connectivity index (χ4n) is 1.88. The molecule has 0 aliphatic heterocycles. The number of Topliss-reactive ketones (excluding diaryl/α,β-unsaturated/α-hetero) is 1. The van der Waals surface area contributed by atoms with Crippen LogP contribution < -0.4 is 4.74 Å². The maximum absolute atomic E-state index is 11.1. The fourth-order valence-corrected chi connectivity index (χ4v) is 1.88. The van der Waals surface area contributed by atoms with E-state index >= 15 is 0 Å². The highest BCUT2D eigenvalue weighted by molar-refractivity contribution is 5.79. The summed E-state index contributed by atoms with van der Waals surface area (Å²) in [4.78, 5) is 11.1. The summed E-state index contributed by atoms with van der Waals surface area (Å²) >= 11 is 0. The lowest BCUT2D eigenvalue weighted by Gasteiger charge is -2.08. The van der Waals surface area contributed by atoms with E-state index in [9.17, 15) is 4.79 Å². The first-order valence-electron chi connectivity index (χ1n) is 9.58. The van der Waals surface area contributed by atoms with Gasteiger partial charge in [-0.25, -0.2) is 0 Å². The molecule has 0 amide bonds. The Morgan fingerprint density at radius 2 is 1.35 bits per heavy atom. The van der Waals surface area contributed by atoms with Crippen LogP contribution in [0.4, 0.5) is 0 Å². The molecular formula is C23H34O3. The minimum Gasteiger partial charge on any atom is -0.491 e. The molecule has 0 saturated heterocycles. The van der Waals surface area contributed by atoms with Crippen LogP contribution >= 0.6 is 0 Å².